The van der Waals surface area contributed by atoms with Crippen molar-refractivity contribution in [2.45, 2.75) is 23.7 Å². The molecule has 1 aliphatic rings. The largest absolute Gasteiger partial charge is 0.366 e. The highest BCUT2D eigenvalue weighted by atomic mass is 32.2. The van der Waals surface area contributed by atoms with Crippen molar-refractivity contribution >= 4 is 21.4 Å². The van der Waals surface area contributed by atoms with Crippen LogP contribution in [0.4, 0.5) is 11.4 Å². The maximum atomic E-state index is 11.4. The van der Waals surface area contributed by atoms with Crippen LogP contribution in [0.2, 0.25) is 0 Å². The van der Waals surface area contributed by atoms with Crippen LogP contribution in [0, 0.1) is 10.1 Å². The second kappa shape index (κ2) is 6.45. The lowest BCUT2D eigenvalue weighted by atomic mass is 9.93. The van der Waals surface area contributed by atoms with Crippen molar-refractivity contribution in [1.82, 2.24) is 9.78 Å². The van der Waals surface area contributed by atoms with Gasteiger partial charge in [0.1, 0.15) is 5.69 Å². The average molecular weight is 365 g/mol. The van der Waals surface area contributed by atoms with E-state index in [-0.39, 0.29) is 10.6 Å². The Labute approximate surface area is 145 Å². The predicted molar refractivity (Wildman–Crippen MR) is 91.9 cm³/mol. The molecule has 0 aliphatic carbocycles. The van der Waals surface area contributed by atoms with E-state index in [9.17, 15) is 18.5 Å². The smallest absolute Gasteiger partial charge is 0.293 e. The normalized spacial score (nSPS) is 16.2. The maximum absolute atomic E-state index is 11.4. The van der Waals surface area contributed by atoms with Gasteiger partial charge in [0, 0.05) is 44.0 Å². The summed E-state index contributed by atoms with van der Waals surface area (Å²) in [4.78, 5) is 12.5. The average Bonchev–Trinajstić information content (AvgIpc) is 2.99. The van der Waals surface area contributed by atoms with Crippen LogP contribution >= 0.6 is 0 Å². The van der Waals surface area contributed by atoms with Crippen LogP contribution < -0.4 is 10.0 Å². The molecule has 134 valence electrons. The van der Waals surface area contributed by atoms with Crippen molar-refractivity contribution in [2.75, 3.05) is 18.0 Å². The van der Waals surface area contributed by atoms with Crippen molar-refractivity contribution in [1.29, 1.82) is 0 Å². The molecule has 0 unspecified atom stereocenters. The minimum absolute atomic E-state index is 0.245. The summed E-state index contributed by atoms with van der Waals surface area (Å²) < 4.78 is 24.7. The van der Waals surface area contributed by atoms with Gasteiger partial charge in [-0.15, -0.1) is 0 Å². The lowest BCUT2D eigenvalue weighted by Crippen LogP contribution is -2.33. The first-order valence-electron chi connectivity index (χ1n) is 7.81. The summed E-state index contributed by atoms with van der Waals surface area (Å²) in [5.41, 5.74) is 1.32. The standard InChI is InChI=1S/C15H19N5O4S/c1-18-13(4-7-17-18)11-5-8-19(9-6-11)14-3-2-12(25(16,23)24)10-15(14)20(21)22/h2-4,7,10-11H,5-6,8-9H2,1H3,(H2,16,23,24). The van der Waals surface area contributed by atoms with E-state index in [0.29, 0.717) is 24.7 Å². The molecule has 2 aromatic rings. The molecule has 3 rings (SSSR count). The van der Waals surface area contributed by atoms with Gasteiger partial charge in [-0.1, -0.05) is 0 Å². The van der Waals surface area contributed by atoms with Crippen molar-refractivity contribution in [3.8, 4) is 0 Å². The Morgan fingerprint density at radius 3 is 2.48 bits per heavy atom. The van der Waals surface area contributed by atoms with Crippen LogP contribution in [0.25, 0.3) is 0 Å². The molecule has 25 heavy (non-hydrogen) atoms. The highest BCUT2D eigenvalue weighted by molar-refractivity contribution is 7.89. The fourth-order valence-corrected chi connectivity index (χ4v) is 3.83. The summed E-state index contributed by atoms with van der Waals surface area (Å²) >= 11 is 0. The van der Waals surface area contributed by atoms with Gasteiger partial charge in [-0.3, -0.25) is 14.8 Å². The minimum atomic E-state index is -3.98. The lowest BCUT2D eigenvalue weighted by molar-refractivity contribution is -0.384. The number of benzene rings is 1. The number of rotatable bonds is 4. The summed E-state index contributed by atoms with van der Waals surface area (Å²) in [5.74, 6) is 0.353. The van der Waals surface area contributed by atoms with E-state index in [4.69, 9.17) is 5.14 Å². The molecular weight excluding hydrogens is 346 g/mol. The van der Waals surface area contributed by atoms with E-state index in [1.807, 2.05) is 22.7 Å². The Morgan fingerprint density at radius 1 is 1.28 bits per heavy atom. The molecule has 1 aliphatic heterocycles. The Hall–Kier alpha value is -2.46. The number of aromatic nitrogens is 2. The van der Waals surface area contributed by atoms with Crippen LogP contribution in [0.3, 0.4) is 0 Å². The summed E-state index contributed by atoms with van der Waals surface area (Å²) in [7, 11) is -2.08. The number of piperidine rings is 1. The van der Waals surface area contributed by atoms with Crippen molar-refractivity contribution < 1.29 is 13.3 Å². The number of nitro groups is 1. The number of nitro benzene ring substituents is 1. The zero-order valence-electron chi connectivity index (χ0n) is 13.7. The fourth-order valence-electron chi connectivity index (χ4n) is 3.29. The highest BCUT2D eigenvalue weighted by Crippen LogP contribution is 2.35. The zero-order valence-corrected chi connectivity index (χ0v) is 14.5. The number of hydrogen-bond donors (Lipinski definition) is 1. The van der Waals surface area contributed by atoms with Gasteiger partial charge >= 0.3 is 0 Å². The van der Waals surface area contributed by atoms with Gasteiger partial charge in [0.15, 0.2) is 0 Å². The number of primary sulfonamides is 1. The molecule has 1 aromatic heterocycles. The van der Waals surface area contributed by atoms with E-state index in [0.717, 1.165) is 24.6 Å². The Kier molecular flexibility index (Phi) is 4.48. The molecule has 1 saturated heterocycles. The third-order valence-electron chi connectivity index (χ3n) is 4.58. The Morgan fingerprint density at radius 2 is 1.96 bits per heavy atom. The summed E-state index contributed by atoms with van der Waals surface area (Å²) in [5, 5.41) is 20.6. The summed E-state index contributed by atoms with van der Waals surface area (Å²) in [6.07, 6.45) is 3.44. The highest BCUT2D eigenvalue weighted by Gasteiger charge is 2.28. The second-order valence-corrected chi connectivity index (χ2v) is 7.66. The number of sulfonamides is 1. The van der Waals surface area contributed by atoms with Gasteiger partial charge in [-0.2, -0.15) is 5.10 Å². The first-order valence-corrected chi connectivity index (χ1v) is 9.36. The lowest BCUT2D eigenvalue weighted by Gasteiger charge is -2.33. The second-order valence-electron chi connectivity index (χ2n) is 6.09. The van der Waals surface area contributed by atoms with Gasteiger partial charge in [0.05, 0.1) is 9.82 Å². The van der Waals surface area contributed by atoms with Crippen LogP contribution in [0.1, 0.15) is 24.5 Å². The van der Waals surface area contributed by atoms with Crippen LogP contribution in [-0.4, -0.2) is 36.2 Å². The van der Waals surface area contributed by atoms with Gasteiger partial charge in [-0.05, 0) is 31.0 Å². The van der Waals surface area contributed by atoms with E-state index < -0.39 is 14.9 Å². The number of nitrogens with zero attached hydrogens (tertiary/aromatic N) is 4. The van der Waals surface area contributed by atoms with E-state index in [1.54, 1.807) is 6.20 Å². The van der Waals surface area contributed by atoms with E-state index in [2.05, 4.69) is 5.10 Å². The first-order chi connectivity index (χ1) is 11.8. The first kappa shape index (κ1) is 17.4. The molecule has 0 radical (unpaired) electrons. The van der Waals surface area contributed by atoms with Crippen LogP contribution in [0.15, 0.2) is 35.4 Å². The molecule has 1 fully saturated rings. The molecule has 2 N–H and O–H groups in total. The van der Waals surface area contributed by atoms with E-state index >= 15 is 0 Å². The van der Waals surface area contributed by atoms with Crippen LogP contribution in [0.5, 0.6) is 0 Å². The number of aryl methyl sites for hydroxylation is 1. The molecule has 0 amide bonds. The molecule has 1 aromatic carbocycles. The molecular formula is C15H19N5O4S. The van der Waals surface area contributed by atoms with Crippen molar-refractivity contribution in [2.24, 2.45) is 12.2 Å². The quantitative estimate of drug-likeness (QED) is 0.644. The molecule has 0 spiro atoms. The monoisotopic (exact) mass is 365 g/mol. The topological polar surface area (TPSA) is 124 Å². The zero-order chi connectivity index (χ0) is 18.2. The number of nitrogens with two attached hydrogens (primary N) is 1. The molecule has 0 bridgehead atoms. The van der Waals surface area contributed by atoms with Gasteiger partial charge in [0.2, 0.25) is 10.0 Å². The maximum Gasteiger partial charge on any atom is 0.293 e. The van der Waals surface area contributed by atoms with E-state index in [1.165, 1.54) is 12.1 Å². The van der Waals surface area contributed by atoms with Gasteiger partial charge < -0.3 is 4.90 Å². The van der Waals surface area contributed by atoms with Gasteiger partial charge in [-0.25, -0.2) is 13.6 Å². The minimum Gasteiger partial charge on any atom is -0.366 e. The molecule has 0 saturated carbocycles. The van der Waals surface area contributed by atoms with Crippen molar-refractivity contribution in [3.63, 3.8) is 0 Å². The Balaban J connectivity index is 1.83. The summed E-state index contributed by atoms with van der Waals surface area (Å²) in [6.45, 7) is 1.29. The predicted octanol–water partition coefficient (Wildman–Crippen LogP) is 1.36. The molecule has 10 heteroatoms. The van der Waals surface area contributed by atoms with Crippen LogP contribution in [-0.2, 0) is 17.1 Å². The van der Waals surface area contributed by atoms with Crippen molar-refractivity contribution in [3.05, 3.63) is 46.3 Å². The third-order valence-corrected chi connectivity index (χ3v) is 5.50. The van der Waals surface area contributed by atoms with Gasteiger partial charge in [0.25, 0.3) is 5.69 Å². The molecule has 2 heterocycles. The number of hydrogen-bond acceptors (Lipinski definition) is 6. The number of anilines is 1. The Bertz CT molecular complexity index is 900. The molecule has 0 atom stereocenters. The SMILES string of the molecule is Cn1nccc1C1CCN(c2ccc(S(N)(=O)=O)cc2[N+](=O)[O-])CC1. The molecule has 9 nitrogen and oxygen atoms in total. The summed E-state index contributed by atoms with van der Waals surface area (Å²) in [6, 6.07) is 5.79. The fraction of sp³-hybridized carbons (Fsp3) is 0.400. The third kappa shape index (κ3) is 3.49.